The van der Waals surface area contributed by atoms with Crippen molar-refractivity contribution in [2.75, 3.05) is 20.2 Å². The van der Waals surface area contributed by atoms with Gasteiger partial charge < -0.3 is 30.2 Å². The molecule has 12 heteroatoms. The SMILES string of the molecule is COC(=O)C(CCCNC(=O)OCc1ccccc1)NC(=O)C(NC(=O)[C@H]1CCCN1C(=O)OC(C)(C)C)C(C)C. The van der Waals surface area contributed by atoms with Crippen molar-refractivity contribution in [3.8, 4) is 0 Å². The van der Waals surface area contributed by atoms with Crippen LogP contribution >= 0.6 is 0 Å². The molecule has 1 heterocycles. The van der Waals surface area contributed by atoms with Crippen LogP contribution in [-0.2, 0) is 35.2 Å². The number of rotatable bonds is 12. The van der Waals surface area contributed by atoms with E-state index in [0.717, 1.165) is 5.56 Å². The van der Waals surface area contributed by atoms with E-state index in [9.17, 15) is 24.0 Å². The van der Waals surface area contributed by atoms with Crippen LogP contribution < -0.4 is 16.0 Å². The lowest BCUT2D eigenvalue weighted by Gasteiger charge is -2.30. The number of likely N-dealkylation sites (tertiary alicyclic amines) is 1. The van der Waals surface area contributed by atoms with E-state index in [1.807, 2.05) is 30.3 Å². The fraction of sp³-hybridized carbons (Fsp3) is 0.621. The summed E-state index contributed by atoms with van der Waals surface area (Å²) in [6.07, 6.45) is 0.445. The summed E-state index contributed by atoms with van der Waals surface area (Å²) in [5.74, 6) is -1.98. The second-order valence-corrected chi connectivity index (χ2v) is 11.3. The van der Waals surface area contributed by atoms with Crippen molar-refractivity contribution in [3.63, 3.8) is 0 Å². The maximum atomic E-state index is 13.2. The standard InChI is InChI=1S/C29H44N4O8/c1-19(2)23(32-24(34)22-15-11-17-33(22)28(38)41-29(3,4)5)25(35)31-21(26(36)39-6)14-10-16-30-27(37)40-18-20-12-8-7-9-13-20/h7-9,12-13,19,21-23H,10-11,14-18H2,1-6H3,(H,30,37)(H,31,35)(H,32,34)/t21?,22-,23?/m1/s1. The summed E-state index contributed by atoms with van der Waals surface area (Å²) in [5.41, 5.74) is 0.149. The first-order chi connectivity index (χ1) is 19.3. The van der Waals surface area contributed by atoms with Crippen molar-refractivity contribution >= 4 is 30.0 Å². The van der Waals surface area contributed by atoms with Crippen molar-refractivity contribution < 1.29 is 38.2 Å². The number of carbonyl (C=O) groups excluding carboxylic acids is 5. The predicted octanol–water partition coefficient (Wildman–Crippen LogP) is 2.89. The Kier molecular flexibility index (Phi) is 12.9. The van der Waals surface area contributed by atoms with Crippen LogP contribution in [-0.4, -0.2) is 78.8 Å². The zero-order valence-electron chi connectivity index (χ0n) is 24.9. The van der Waals surface area contributed by atoms with Crippen molar-refractivity contribution in [2.45, 2.75) is 90.6 Å². The van der Waals surface area contributed by atoms with E-state index in [2.05, 4.69) is 16.0 Å². The maximum Gasteiger partial charge on any atom is 0.410 e. The van der Waals surface area contributed by atoms with Gasteiger partial charge in [0.05, 0.1) is 7.11 Å². The van der Waals surface area contributed by atoms with Crippen LogP contribution in [0.3, 0.4) is 0 Å². The van der Waals surface area contributed by atoms with E-state index < -0.39 is 53.7 Å². The Hall–Kier alpha value is -3.83. The average Bonchev–Trinajstić information content (AvgIpc) is 3.41. The van der Waals surface area contributed by atoms with Gasteiger partial charge in [-0.25, -0.2) is 14.4 Å². The first-order valence-electron chi connectivity index (χ1n) is 13.9. The lowest BCUT2D eigenvalue weighted by molar-refractivity contribution is -0.145. The Bertz CT molecular complexity index is 1040. The lowest BCUT2D eigenvalue weighted by atomic mass is 10.0. The number of alkyl carbamates (subject to hydrolysis) is 1. The molecule has 1 aromatic carbocycles. The Morgan fingerprint density at radius 1 is 1.05 bits per heavy atom. The van der Waals surface area contributed by atoms with Gasteiger partial charge in [-0.05, 0) is 57.9 Å². The smallest absolute Gasteiger partial charge is 0.410 e. The molecule has 1 saturated heterocycles. The number of benzene rings is 1. The third-order valence-electron chi connectivity index (χ3n) is 6.38. The second-order valence-electron chi connectivity index (χ2n) is 11.3. The molecular formula is C29H44N4O8. The summed E-state index contributed by atoms with van der Waals surface area (Å²) in [6.45, 7) is 9.51. The molecule has 1 aliphatic rings. The van der Waals surface area contributed by atoms with Crippen LogP contribution in [0.5, 0.6) is 0 Å². The van der Waals surface area contributed by atoms with E-state index in [1.165, 1.54) is 12.0 Å². The molecule has 1 aliphatic heterocycles. The molecule has 4 amide bonds. The summed E-state index contributed by atoms with van der Waals surface area (Å²) in [7, 11) is 1.22. The molecule has 0 aromatic heterocycles. The molecule has 1 aromatic rings. The molecule has 2 unspecified atom stereocenters. The van der Waals surface area contributed by atoms with Crippen molar-refractivity contribution in [2.24, 2.45) is 5.92 Å². The third-order valence-corrected chi connectivity index (χ3v) is 6.38. The number of methoxy groups -OCH3 is 1. The van der Waals surface area contributed by atoms with E-state index in [4.69, 9.17) is 14.2 Å². The monoisotopic (exact) mass is 576 g/mol. The fourth-order valence-corrected chi connectivity index (χ4v) is 4.29. The first kappa shape index (κ1) is 33.4. The van der Waals surface area contributed by atoms with Gasteiger partial charge in [-0.2, -0.15) is 0 Å². The molecule has 0 saturated carbocycles. The molecule has 0 aliphatic carbocycles. The molecule has 0 radical (unpaired) electrons. The topological polar surface area (TPSA) is 152 Å². The summed E-state index contributed by atoms with van der Waals surface area (Å²) in [6, 6.07) is 6.54. The molecule has 0 bridgehead atoms. The third kappa shape index (κ3) is 11.3. The van der Waals surface area contributed by atoms with Crippen LogP contribution in [0, 0.1) is 5.92 Å². The van der Waals surface area contributed by atoms with Crippen LogP contribution in [0.15, 0.2) is 30.3 Å². The predicted molar refractivity (Wildman–Crippen MR) is 151 cm³/mol. The van der Waals surface area contributed by atoms with Gasteiger partial charge in [-0.3, -0.25) is 14.5 Å². The highest BCUT2D eigenvalue weighted by molar-refractivity contribution is 5.93. The summed E-state index contributed by atoms with van der Waals surface area (Å²) >= 11 is 0. The number of ether oxygens (including phenoxy) is 3. The molecule has 0 spiro atoms. The molecular weight excluding hydrogens is 532 g/mol. The highest BCUT2D eigenvalue weighted by Crippen LogP contribution is 2.21. The van der Waals surface area contributed by atoms with Gasteiger partial charge >= 0.3 is 18.2 Å². The Balaban J connectivity index is 1.91. The van der Waals surface area contributed by atoms with E-state index in [-0.39, 0.29) is 25.5 Å². The minimum absolute atomic E-state index is 0.131. The number of hydrogen-bond donors (Lipinski definition) is 3. The molecule has 3 atom stereocenters. The van der Waals surface area contributed by atoms with Gasteiger partial charge in [-0.1, -0.05) is 44.2 Å². The lowest BCUT2D eigenvalue weighted by Crippen LogP contribution is -2.57. The Labute approximate surface area is 241 Å². The Morgan fingerprint density at radius 2 is 1.73 bits per heavy atom. The Morgan fingerprint density at radius 3 is 2.34 bits per heavy atom. The second kappa shape index (κ2) is 15.8. The molecule has 2 rings (SSSR count). The molecule has 228 valence electrons. The normalized spacial score (nSPS) is 16.4. The number of carbonyl (C=O) groups is 5. The number of esters is 1. The van der Waals surface area contributed by atoms with Gasteiger partial charge in [0, 0.05) is 13.1 Å². The molecule has 3 N–H and O–H groups in total. The average molecular weight is 577 g/mol. The van der Waals surface area contributed by atoms with Gasteiger partial charge in [0.25, 0.3) is 0 Å². The minimum Gasteiger partial charge on any atom is -0.467 e. The van der Waals surface area contributed by atoms with Gasteiger partial charge in [-0.15, -0.1) is 0 Å². The molecule has 1 fully saturated rings. The highest BCUT2D eigenvalue weighted by Gasteiger charge is 2.39. The summed E-state index contributed by atoms with van der Waals surface area (Å²) in [5, 5.41) is 8.04. The van der Waals surface area contributed by atoms with E-state index in [0.29, 0.717) is 25.8 Å². The minimum atomic E-state index is -0.988. The quantitative estimate of drug-likeness (QED) is 0.195. The van der Waals surface area contributed by atoms with Gasteiger partial charge in [0.2, 0.25) is 11.8 Å². The summed E-state index contributed by atoms with van der Waals surface area (Å²) in [4.78, 5) is 64.7. The van der Waals surface area contributed by atoms with E-state index >= 15 is 0 Å². The van der Waals surface area contributed by atoms with E-state index in [1.54, 1.807) is 34.6 Å². The van der Waals surface area contributed by atoms with Crippen LogP contribution in [0.4, 0.5) is 9.59 Å². The van der Waals surface area contributed by atoms with Gasteiger partial charge in [0.15, 0.2) is 0 Å². The number of hydrogen-bond acceptors (Lipinski definition) is 8. The fourth-order valence-electron chi connectivity index (χ4n) is 4.29. The number of nitrogens with one attached hydrogen (secondary N) is 3. The molecule has 12 nitrogen and oxygen atoms in total. The van der Waals surface area contributed by atoms with Crippen LogP contribution in [0.1, 0.15) is 65.9 Å². The number of amides is 4. The zero-order valence-corrected chi connectivity index (χ0v) is 24.9. The van der Waals surface area contributed by atoms with Crippen LogP contribution in [0.25, 0.3) is 0 Å². The summed E-state index contributed by atoms with van der Waals surface area (Å²) < 4.78 is 15.4. The van der Waals surface area contributed by atoms with Crippen LogP contribution in [0.2, 0.25) is 0 Å². The van der Waals surface area contributed by atoms with Crippen molar-refractivity contribution in [3.05, 3.63) is 35.9 Å². The van der Waals surface area contributed by atoms with Crippen molar-refractivity contribution in [1.82, 2.24) is 20.9 Å². The van der Waals surface area contributed by atoms with Crippen molar-refractivity contribution in [1.29, 1.82) is 0 Å². The maximum absolute atomic E-state index is 13.2. The highest BCUT2D eigenvalue weighted by atomic mass is 16.6. The zero-order chi connectivity index (χ0) is 30.6. The first-order valence-corrected chi connectivity index (χ1v) is 13.9. The number of nitrogens with zero attached hydrogens (tertiary/aromatic N) is 1. The molecule has 41 heavy (non-hydrogen) atoms. The largest absolute Gasteiger partial charge is 0.467 e. The van der Waals surface area contributed by atoms with Gasteiger partial charge in [0.1, 0.15) is 30.3 Å².